The summed E-state index contributed by atoms with van der Waals surface area (Å²) >= 11 is 0. The van der Waals surface area contributed by atoms with Crippen LogP contribution in [0.25, 0.3) is 11.1 Å². The van der Waals surface area contributed by atoms with Crippen molar-refractivity contribution in [2.24, 2.45) is 0 Å². The molecule has 5 nitrogen and oxygen atoms in total. The molecular formula is C19H23NO4. The first kappa shape index (κ1) is 18.0. The highest BCUT2D eigenvalue weighted by Gasteiger charge is 2.08. The van der Waals surface area contributed by atoms with Crippen molar-refractivity contribution in [3.63, 3.8) is 0 Å². The second-order valence-electron chi connectivity index (χ2n) is 5.35. The first-order valence-corrected chi connectivity index (χ1v) is 7.87. The van der Waals surface area contributed by atoms with Gasteiger partial charge in [-0.25, -0.2) is 0 Å². The monoisotopic (exact) mass is 329 g/mol. The maximum absolute atomic E-state index is 12.2. The summed E-state index contributed by atoms with van der Waals surface area (Å²) in [6.45, 7) is 3.07. The average molecular weight is 329 g/mol. The number of hydrogen-bond acceptors (Lipinski definition) is 4. The van der Waals surface area contributed by atoms with Crippen LogP contribution in [0, 0.1) is 6.92 Å². The van der Waals surface area contributed by atoms with E-state index in [9.17, 15) is 4.79 Å². The molecule has 128 valence electrons. The Kier molecular flexibility index (Phi) is 6.78. The summed E-state index contributed by atoms with van der Waals surface area (Å²) < 4.78 is 10.4. The van der Waals surface area contributed by atoms with Crippen molar-refractivity contribution in [3.05, 3.63) is 53.6 Å². The summed E-state index contributed by atoms with van der Waals surface area (Å²) in [4.78, 5) is 12.2. The Balaban J connectivity index is 2.07. The molecule has 2 aromatic carbocycles. The van der Waals surface area contributed by atoms with Gasteiger partial charge in [0.1, 0.15) is 5.75 Å². The van der Waals surface area contributed by atoms with Gasteiger partial charge in [-0.3, -0.25) is 4.79 Å². The molecule has 0 spiro atoms. The predicted octanol–water partition coefficient (Wildman–Crippen LogP) is 2.41. The van der Waals surface area contributed by atoms with E-state index in [2.05, 4.69) is 5.32 Å². The number of carbonyl (C=O) groups is 1. The molecule has 0 atom stereocenters. The van der Waals surface area contributed by atoms with Gasteiger partial charge in [0.15, 0.2) is 0 Å². The van der Waals surface area contributed by atoms with Gasteiger partial charge in [0.25, 0.3) is 5.91 Å². The molecule has 5 heteroatoms. The zero-order valence-corrected chi connectivity index (χ0v) is 14.0. The number of amides is 1. The lowest BCUT2D eigenvalue weighted by atomic mass is 9.98. The first-order valence-electron chi connectivity index (χ1n) is 7.87. The molecule has 0 saturated heterocycles. The normalized spacial score (nSPS) is 10.5. The topological polar surface area (TPSA) is 67.8 Å². The molecule has 0 bridgehead atoms. The van der Waals surface area contributed by atoms with Crippen molar-refractivity contribution in [2.75, 3.05) is 33.5 Å². The zero-order chi connectivity index (χ0) is 17.4. The third-order valence-electron chi connectivity index (χ3n) is 3.64. The molecule has 0 radical (unpaired) electrons. The Morgan fingerprint density at radius 2 is 2.00 bits per heavy atom. The van der Waals surface area contributed by atoms with Crippen molar-refractivity contribution in [1.29, 1.82) is 0 Å². The van der Waals surface area contributed by atoms with Crippen molar-refractivity contribution >= 4 is 5.91 Å². The lowest BCUT2D eigenvalue weighted by Crippen LogP contribution is -2.27. The molecule has 0 aliphatic heterocycles. The van der Waals surface area contributed by atoms with Gasteiger partial charge in [-0.2, -0.15) is 0 Å². The van der Waals surface area contributed by atoms with Gasteiger partial charge in [-0.15, -0.1) is 0 Å². The number of aryl methyl sites for hydroxylation is 1. The molecule has 0 unspecified atom stereocenters. The van der Waals surface area contributed by atoms with E-state index in [0.717, 1.165) is 22.4 Å². The van der Waals surface area contributed by atoms with Gasteiger partial charge >= 0.3 is 0 Å². The van der Waals surface area contributed by atoms with E-state index >= 15 is 0 Å². The molecule has 0 aliphatic carbocycles. The van der Waals surface area contributed by atoms with Crippen molar-refractivity contribution < 1.29 is 19.4 Å². The van der Waals surface area contributed by atoms with Crippen LogP contribution in [0.1, 0.15) is 15.9 Å². The predicted molar refractivity (Wildman–Crippen MR) is 93.4 cm³/mol. The number of aliphatic hydroxyl groups is 1. The highest BCUT2D eigenvalue weighted by atomic mass is 16.5. The molecule has 0 aliphatic rings. The Bertz CT molecular complexity index is 685. The number of rotatable bonds is 8. The zero-order valence-electron chi connectivity index (χ0n) is 14.0. The number of hydrogen-bond donors (Lipinski definition) is 2. The van der Waals surface area contributed by atoms with Crippen molar-refractivity contribution in [3.8, 4) is 16.9 Å². The van der Waals surface area contributed by atoms with Crippen LogP contribution >= 0.6 is 0 Å². The lowest BCUT2D eigenvalue weighted by Gasteiger charge is -2.10. The minimum atomic E-state index is -0.143. The molecule has 0 saturated carbocycles. The van der Waals surface area contributed by atoms with Gasteiger partial charge in [0.05, 0.1) is 26.9 Å². The second kappa shape index (κ2) is 9.05. The van der Waals surface area contributed by atoms with Gasteiger partial charge < -0.3 is 19.9 Å². The van der Waals surface area contributed by atoms with Crippen molar-refractivity contribution in [2.45, 2.75) is 6.92 Å². The molecule has 1 amide bonds. The number of methoxy groups -OCH3 is 1. The van der Waals surface area contributed by atoms with Crippen LogP contribution in [0.3, 0.4) is 0 Å². The summed E-state index contributed by atoms with van der Waals surface area (Å²) in [5.41, 5.74) is 3.74. The van der Waals surface area contributed by atoms with Gasteiger partial charge in [-0.05, 0) is 47.9 Å². The number of aliphatic hydroxyl groups excluding tert-OH is 1. The van der Waals surface area contributed by atoms with Crippen LogP contribution in [-0.2, 0) is 4.74 Å². The van der Waals surface area contributed by atoms with E-state index in [0.29, 0.717) is 18.7 Å². The van der Waals surface area contributed by atoms with Crippen LogP contribution in [-0.4, -0.2) is 44.5 Å². The molecule has 0 fully saturated rings. The number of benzene rings is 2. The van der Waals surface area contributed by atoms with Crippen molar-refractivity contribution in [1.82, 2.24) is 5.32 Å². The summed E-state index contributed by atoms with van der Waals surface area (Å²) in [5, 5.41) is 11.4. The number of nitrogens with one attached hydrogen (secondary N) is 1. The second-order valence-corrected chi connectivity index (χ2v) is 5.35. The summed E-state index contributed by atoms with van der Waals surface area (Å²) in [7, 11) is 1.64. The minimum absolute atomic E-state index is 0.0167. The fraction of sp³-hybridized carbons (Fsp3) is 0.316. The molecule has 2 aromatic rings. The Morgan fingerprint density at radius 3 is 2.71 bits per heavy atom. The quantitative estimate of drug-likeness (QED) is 0.730. The Labute approximate surface area is 142 Å². The standard InChI is InChI=1S/C19H23NO4/c1-14-12-17(23-2)6-7-18(14)15-4-3-5-16(13-15)19(22)20-8-10-24-11-9-21/h3-7,12-13,21H,8-11H2,1-2H3,(H,20,22). The highest BCUT2D eigenvalue weighted by molar-refractivity contribution is 5.95. The third kappa shape index (κ3) is 4.81. The first-order chi connectivity index (χ1) is 11.7. The summed E-state index contributed by atoms with van der Waals surface area (Å²) in [6, 6.07) is 13.4. The van der Waals surface area contributed by atoms with E-state index in [-0.39, 0.29) is 19.1 Å². The molecular weight excluding hydrogens is 306 g/mol. The van der Waals surface area contributed by atoms with E-state index in [4.69, 9.17) is 14.6 Å². The third-order valence-corrected chi connectivity index (χ3v) is 3.64. The van der Waals surface area contributed by atoms with E-state index in [1.54, 1.807) is 13.2 Å². The molecule has 0 aromatic heterocycles. The lowest BCUT2D eigenvalue weighted by molar-refractivity contribution is 0.0838. The largest absolute Gasteiger partial charge is 0.497 e. The van der Waals surface area contributed by atoms with Crippen LogP contribution in [0.15, 0.2) is 42.5 Å². The fourth-order valence-corrected chi connectivity index (χ4v) is 2.42. The number of carbonyl (C=O) groups excluding carboxylic acids is 1. The molecule has 0 heterocycles. The molecule has 2 rings (SSSR count). The van der Waals surface area contributed by atoms with Crippen LogP contribution < -0.4 is 10.1 Å². The molecule has 24 heavy (non-hydrogen) atoms. The van der Waals surface area contributed by atoms with Crippen LogP contribution in [0.5, 0.6) is 5.75 Å². The van der Waals surface area contributed by atoms with E-state index in [1.165, 1.54) is 0 Å². The van der Waals surface area contributed by atoms with Crippen LogP contribution in [0.2, 0.25) is 0 Å². The Hall–Kier alpha value is -2.37. The smallest absolute Gasteiger partial charge is 0.251 e. The fourth-order valence-electron chi connectivity index (χ4n) is 2.42. The minimum Gasteiger partial charge on any atom is -0.497 e. The Morgan fingerprint density at radius 1 is 1.17 bits per heavy atom. The van der Waals surface area contributed by atoms with E-state index < -0.39 is 0 Å². The number of ether oxygens (including phenoxy) is 2. The summed E-state index contributed by atoms with van der Waals surface area (Å²) in [5.74, 6) is 0.670. The SMILES string of the molecule is COc1ccc(-c2cccc(C(=O)NCCOCCO)c2)c(C)c1. The highest BCUT2D eigenvalue weighted by Crippen LogP contribution is 2.27. The maximum Gasteiger partial charge on any atom is 0.251 e. The van der Waals surface area contributed by atoms with Gasteiger partial charge in [0, 0.05) is 12.1 Å². The van der Waals surface area contributed by atoms with E-state index in [1.807, 2.05) is 43.3 Å². The summed E-state index contributed by atoms with van der Waals surface area (Å²) in [6.07, 6.45) is 0. The van der Waals surface area contributed by atoms with Crippen LogP contribution in [0.4, 0.5) is 0 Å². The average Bonchev–Trinajstić information content (AvgIpc) is 2.61. The van der Waals surface area contributed by atoms with Gasteiger partial charge in [-0.1, -0.05) is 18.2 Å². The van der Waals surface area contributed by atoms with Gasteiger partial charge in [0.2, 0.25) is 0 Å². The molecule has 2 N–H and O–H groups in total. The maximum atomic E-state index is 12.2.